The average Bonchev–Trinajstić information content (AvgIpc) is 3.19. The Kier molecular flexibility index (Phi) is 5.61. The molecule has 10 heteroatoms. The number of fused-ring (bicyclic) bond motifs is 1. The van der Waals surface area contributed by atoms with Crippen LogP contribution in [0.1, 0.15) is 21.5 Å². The summed E-state index contributed by atoms with van der Waals surface area (Å²) in [6.45, 7) is 3.49. The summed E-state index contributed by atoms with van der Waals surface area (Å²) in [6.07, 6.45) is 1.64. The first kappa shape index (κ1) is 21.1. The van der Waals surface area contributed by atoms with Gasteiger partial charge >= 0.3 is 0 Å². The average molecular weight is 447 g/mol. The molecule has 9 nitrogen and oxygen atoms in total. The molecule has 0 fully saturated rings. The Morgan fingerprint density at radius 2 is 1.91 bits per heavy atom. The number of pyridine rings is 1. The van der Waals surface area contributed by atoms with Crippen molar-refractivity contribution in [2.75, 3.05) is 5.32 Å². The van der Waals surface area contributed by atoms with Gasteiger partial charge in [-0.15, -0.1) is 0 Å². The lowest BCUT2D eigenvalue weighted by Crippen LogP contribution is -2.34. The number of carbonyl (C=O) groups excluding carboxylic acids is 1. The van der Waals surface area contributed by atoms with Gasteiger partial charge in [0.25, 0.3) is 11.6 Å². The molecule has 0 unspecified atom stereocenters. The molecule has 0 aliphatic rings. The summed E-state index contributed by atoms with van der Waals surface area (Å²) in [7, 11) is 0. The van der Waals surface area contributed by atoms with Crippen LogP contribution in [0.15, 0.2) is 59.1 Å². The van der Waals surface area contributed by atoms with Gasteiger partial charge in [-0.05, 0) is 62.0 Å². The van der Waals surface area contributed by atoms with E-state index in [-0.39, 0.29) is 16.4 Å². The first-order valence-electron chi connectivity index (χ1n) is 9.52. The Bertz CT molecular complexity index is 1350. The first-order valence-corrected chi connectivity index (χ1v) is 9.92. The number of hydrogen-bond acceptors (Lipinski definition) is 7. The Labute approximate surface area is 187 Å². The van der Waals surface area contributed by atoms with E-state index < -0.39 is 10.8 Å². The largest absolute Gasteiger partial charge is 0.434 e. The molecule has 2 aromatic heterocycles. The normalized spacial score (nSPS) is 10.7. The third-order valence-electron chi connectivity index (χ3n) is 4.79. The predicted octanol–water partition coefficient (Wildman–Crippen LogP) is 4.54. The zero-order chi connectivity index (χ0) is 22.8. The number of amides is 1. The SMILES string of the molecule is Cc1ccc(-c2nc3ncccc3o2)cc1NC(=S)NC(=O)c1ccc(C)c([N+](=O)[O-])c1. The molecule has 32 heavy (non-hydrogen) atoms. The van der Waals surface area contributed by atoms with Gasteiger partial charge in [-0.1, -0.05) is 12.1 Å². The minimum absolute atomic E-state index is 0.0534. The summed E-state index contributed by atoms with van der Waals surface area (Å²) >= 11 is 5.27. The second kappa shape index (κ2) is 8.52. The number of aryl methyl sites for hydroxylation is 2. The number of nitro groups is 1. The highest BCUT2D eigenvalue weighted by Gasteiger charge is 2.16. The third-order valence-corrected chi connectivity index (χ3v) is 5.00. The van der Waals surface area contributed by atoms with Crippen LogP contribution in [0.4, 0.5) is 11.4 Å². The maximum atomic E-state index is 12.5. The van der Waals surface area contributed by atoms with Crippen molar-refractivity contribution >= 4 is 45.8 Å². The number of thiocarbonyl (C=S) groups is 1. The summed E-state index contributed by atoms with van der Waals surface area (Å²) in [5.41, 5.74) is 3.79. The van der Waals surface area contributed by atoms with Gasteiger partial charge in [-0.2, -0.15) is 4.98 Å². The molecule has 2 heterocycles. The van der Waals surface area contributed by atoms with E-state index in [2.05, 4.69) is 20.6 Å². The number of nitro benzene ring substituents is 1. The predicted molar refractivity (Wildman–Crippen MR) is 123 cm³/mol. The van der Waals surface area contributed by atoms with Gasteiger partial charge in [0.15, 0.2) is 16.3 Å². The van der Waals surface area contributed by atoms with Crippen molar-refractivity contribution in [3.05, 3.63) is 81.5 Å². The lowest BCUT2D eigenvalue weighted by atomic mass is 10.1. The number of aromatic nitrogens is 2. The van der Waals surface area contributed by atoms with E-state index in [1.807, 2.05) is 19.1 Å². The molecule has 0 spiro atoms. The molecule has 0 saturated heterocycles. The molecule has 2 aromatic carbocycles. The maximum absolute atomic E-state index is 12.5. The van der Waals surface area contributed by atoms with Crippen molar-refractivity contribution in [2.45, 2.75) is 13.8 Å². The van der Waals surface area contributed by atoms with Gasteiger partial charge in [0.1, 0.15) is 0 Å². The van der Waals surface area contributed by atoms with E-state index in [0.29, 0.717) is 33.9 Å². The fraction of sp³-hybridized carbons (Fsp3) is 0.0909. The van der Waals surface area contributed by atoms with Crippen molar-refractivity contribution in [1.29, 1.82) is 0 Å². The van der Waals surface area contributed by atoms with Crippen LogP contribution in [0.25, 0.3) is 22.7 Å². The van der Waals surface area contributed by atoms with Gasteiger partial charge in [0, 0.05) is 34.6 Å². The van der Waals surface area contributed by atoms with Crippen LogP contribution in [0.3, 0.4) is 0 Å². The van der Waals surface area contributed by atoms with E-state index in [4.69, 9.17) is 16.6 Å². The molecule has 0 atom stereocenters. The van der Waals surface area contributed by atoms with Crippen molar-refractivity contribution in [3.63, 3.8) is 0 Å². The molecular formula is C22H17N5O4S. The lowest BCUT2D eigenvalue weighted by molar-refractivity contribution is -0.385. The first-order chi connectivity index (χ1) is 15.3. The van der Waals surface area contributed by atoms with Gasteiger partial charge < -0.3 is 9.73 Å². The summed E-state index contributed by atoms with van der Waals surface area (Å²) in [6, 6.07) is 13.3. The van der Waals surface area contributed by atoms with Crippen molar-refractivity contribution in [2.24, 2.45) is 0 Å². The number of rotatable bonds is 4. The summed E-state index contributed by atoms with van der Waals surface area (Å²) in [5.74, 6) is -0.145. The van der Waals surface area contributed by atoms with Gasteiger partial charge in [0.05, 0.1) is 4.92 Å². The zero-order valence-electron chi connectivity index (χ0n) is 17.1. The van der Waals surface area contributed by atoms with E-state index in [1.54, 1.807) is 31.3 Å². The Morgan fingerprint density at radius 3 is 2.66 bits per heavy atom. The molecule has 0 aliphatic carbocycles. The van der Waals surface area contributed by atoms with Crippen LogP contribution in [-0.4, -0.2) is 25.9 Å². The molecule has 0 aliphatic heterocycles. The number of oxazole rings is 1. The number of carbonyl (C=O) groups is 1. The van der Waals surface area contributed by atoms with Crippen LogP contribution in [0.2, 0.25) is 0 Å². The minimum atomic E-state index is -0.551. The summed E-state index contributed by atoms with van der Waals surface area (Å²) in [5, 5.41) is 16.7. The quantitative estimate of drug-likeness (QED) is 0.265. The number of nitrogens with one attached hydrogen (secondary N) is 2. The van der Waals surface area contributed by atoms with E-state index in [9.17, 15) is 14.9 Å². The van der Waals surface area contributed by atoms with Crippen LogP contribution in [0, 0.1) is 24.0 Å². The van der Waals surface area contributed by atoms with E-state index >= 15 is 0 Å². The van der Waals surface area contributed by atoms with Gasteiger partial charge in [-0.3, -0.25) is 20.2 Å². The van der Waals surface area contributed by atoms with Gasteiger partial charge in [0.2, 0.25) is 5.89 Å². The van der Waals surface area contributed by atoms with Gasteiger partial charge in [-0.25, -0.2) is 4.98 Å². The summed E-state index contributed by atoms with van der Waals surface area (Å²) in [4.78, 5) is 31.7. The fourth-order valence-corrected chi connectivity index (χ4v) is 3.26. The minimum Gasteiger partial charge on any atom is -0.434 e. The molecule has 1 amide bonds. The molecule has 160 valence electrons. The molecule has 0 saturated carbocycles. The van der Waals surface area contributed by atoms with Crippen LogP contribution in [0.5, 0.6) is 0 Å². The molecular weight excluding hydrogens is 430 g/mol. The number of hydrogen-bond donors (Lipinski definition) is 2. The standard InChI is InChI=1S/C22H17N5O4S/c1-12-5-8-15(21-25-19-18(31-21)4-3-9-23-19)10-16(12)24-22(32)26-20(28)14-7-6-13(2)17(11-14)27(29)30/h3-11H,1-2H3,(H2,24,26,28,32). The number of nitrogens with zero attached hydrogens (tertiary/aromatic N) is 3. The second-order valence-corrected chi connectivity index (χ2v) is 7.45. The Morgan fingerprint density at radius 1 is 1.12 bits per heavy atom. The van der Waals surface area contributed by atoms with Crippen molar-refractivity contribution in [1.82, 2.24) is 15.3 Å². The smallest absolute Gasteiger partial charge is 0.273 e. The highest BCUT2D eigenvalue weighted by molar-refractivity contribution is 7.80. The Balaban J connectivity index is 1.52. The number of benzene rings is 2. The molecule has 0 bridgehead atoms. The van der Waals surface area contributed by atoms with Crippen LogP contribution >= 0.6 is 12.2 Å². The summed E-state index contributed by atoms with van der Waals surface area (Å²) < 4.78 is 5.76. The zero-order valence-corrected chi connectivity index (χ0v) is 17.9. The molecule has 2 N–H and O–H groups in total. The highest BCUT2D eigenvalue weighted by Crippen LogP contribution is 2.27. The lowest BCUT2D eigenvalue weighted by Gasteiger charge is -2.13. The monoisotopic (exact) mass is 447 g/mol. The van der Waals surface area contributed by atoms with Crippen molar-refractivity contribution in [3.8, 4) is 11.5 Å². The fourth-order valence-electron chi connectivity index (χ4n) is 3.06. The van der Waals surface area contributed by atoms with Crippen LogP contribution < -0.4 is 10.6 Å². The molecule has 0 radical (unpaired) electrons. The van der Waals surface area contributed by atoms with Crippen LogP contribution in [-0.2, 0) is 0 Å². The van der Waals surface area contributed by atoms with E-state index in [0.717, 1.165) is 5.56 Å². The molecule has 4 aromatic rings. The highest BCUT2D eigenvalue weighted by atomic mass is 32.1. The third kappa shape index (κ3) is 4.30. The van der Waals surface area contributed by atoms with Crippen molar-refractivity contribution < 1.29 is 14.1 Å². The number of anilines is 1. The molecule has 4 rings (SSSR count). The van der Waals surface area contributed by atoms with E-state index in [1.165, 1.54) is 18.2 Å². The second-order valence-electron chi connectivity index (χ2n) is 7.04. The maximum Gasteiger partial charge on any atom is 0.273 e. The topological polar surface area (TPSA) is 123 Å². The Hall–Kier alpha value is -4.18.